The van der Waals surface area contributed by atoms with Crippen LogP contribution in [0.1, 0.15) is 29.0 Å². The monoisotopic (exact) mass is 260 g/mol. The number of pyridine rings is 1. The number of aromatic carboxylic acids is 1. The van der Waals surface area contributed by atoms with Crippen molar-refractivity contribution in [3.05, 3.63) is 59.7 Å². The van der Waals surface area contributed by atoms with E-state index in [1.165, 1.54) is 18.3 Å². The molecule has 19 heavy (non-hydrogen) atoms. The Hall–Kier alpha value is -2.43. The molecule has 0 aliphatic heterocycles. The fourth-order valence-corrected chi connectivity index (χ4v) is 1.76. The molecule has 0 aliphatic carbocycles. The molecule has 4 nitrogen and oxygen atoms in total. The van der Waals surface area contributed by atoms with Gasteiger partial charge in [-0.3, -0.25) is 0 Å². The molecule has 1 atom stereocenters. The highest BCUT2D eigenvalue weighted by atomic mass is 19.1. The van der Waals surface area contributed by atoms with Gasteiger partial charge in [-0.25, -0.2) is 14.2 Å². The maximum atomic E-state index is 12.8. The highest BCUT2D eigenvalue weighted by molar-refractivity contribution is 5.91. The number of rotatable bonds is 4. The minimum Gasteiger partial charge on any atom is -0.476 e. The van der Waals surface area contributed by atoms with Gasteiger partial charge in [-0.15, -0.1) is 0 Å². The van der Waals surface area contributed by atoms with Crippen LogP contribution in [0.15, 0.2) is 42.6 Å². The molecule has 0 saturated heterocycles. The second kappa shape index (κ2) is 5.48. The quantitative estimate of drug-likeness (QED) is 0.886. The summed E-state index contributed by atoms with van der Waals surface area (Å²) in [6.45, 7) is 1.87. The number of halogens is 1. The average Bonchev–Trinajstić information content (AvgIpc) is 2.39. The first-order valence-electron chi connectivity index (χ1n) is 5.78. The summed E-state index contributed by atoms with van der Waals surface area (Å²) in [6.07, 6.45) is 1.43. The largest absolute Gasteiger partial charge is 0.476 e. The first-order chi connectivity index (χ1) is 9.08. The molecule has 0 aliphatic rings. The van der Waals surface area contributed by atoms with Gasteiger partial charge in [0.15, 0.2) is 5.69 Å². The third-order valence-electron chi connectivity index (χ3n) is 2.75. The normalized spacial score (nSPS) is 11.9. The summed E-state index contributed by atoms with van der Waals surface area (Å²) in [4.78, 5) is 14.8. The summed E-state index contributed by atoms with van der Waals surface area (Å²) in [7, 11) is 0. The number of benzene rings is 1. The zero-order valence-electron chi connectivity index (χ0n) is 10.3. The van der Waals surface area contributed by atoms with Gasteiger partial charge in [0.25, 0.3) is 0 Å². The Labute approximate surface area is 109 Å². The summed E-state index contributed by atoms with van der Waals surface area (Å²) in [6, 6.07) is 9.21. The zero-order valence-corrected chi connectivity index (χ0v) is 10.3. The van der Waals surface area contributed by atoms with Gasteiger partial charge in [-0.05, 0) is 36.8 Å². The van der Waals surface area contributed by atoms with Crippen molar-refractivity contribution in [1.82, 2.24) is 4.98 Å². The van der Waals surface area contributed by atoms with Crippen LogP contribution in [0.5, 0.6) is 0 Å². The highest BCUT2D eigenvalue weighted by Crippen LogP contribution is 2.21. The molecule has 0 radical (unpaired) electrons. The van der Waals surface area contributed by atoms with Gasteiger partial charge in [0.1, 0.15) is 5.82 Å². The molecule has 1 aromatic carbocycles. The number of hydrogen-bond acceptors (Lipinski definition) is 3. The first kappa shape index (κ1) is 13.0. The van der Waals surface area contributed by atoms with Crippen molar-refractivity contribution in [3.63, 3.8) is 0 Å². The predicted octanol–water partition coefficient (Wildman–Crippen LogP) is 3.09. The van der Waals surface area contributed by atoms with Crippen molar-refractivity contribution in [3.8, 4) is 0 Å². The van der Waals surface area contributed by atoms with Crippen LogP contribution in [0.25, 0.3) is 0 Å². The number of hydrogen-bond donors (Lipinski definition) is 2. The molecule has 1 heterocycles. The van der Waals surface area contributed by atoms with Crippen molar-refractivity contribution in [1.29, 1.82) is 0 Å². The van der Waals surface area contributed by atoms with Crippen LogP contribution in [0.4, 0.5) is 10.1 Å². The minimum atomic E-state index is -1.09. The summed E-state index contributed by atoms with van der Waals surface area (Å²) in [5.74, 6) is -1.39. The van der Waals surface area contributed by atoms with Crippen molar-refractivity contribution in [2.75, 3.05) is 5.32 Å². The number of nitrogens with one attached hydrogen (secondary N) is 1. The van der Waals surface area contributed by atoms with Crippen LogP contribution in [-0.2, 0) is 0 Å². The molecule has 1 unspecified atom stereocenters. The third-order valence-corrected chi connectivity index (χ3v) is 2.75. The number of aromatic nitrogens is 1. The molecule has 1 aromatic heterocycles. The van der Waals surface area contributed by atoms with E-state index in [2.05, 4.69) is 10.3 Å². The molecule has 5 heteroatoms. The lowest BCUT2D eigenvalue weighted by Gasteiger charge is -2.16. The number of anilines is 1. The number of carboxylic acid groups (broad SMARTS) is 1. The molecule has 2 aromatic rings. The van der Waals surface area contributed by atoms with Crippen molar-refractivity contribution >= 4 is 11.7 Å². The lowest BCUT2D eigenvalue weighted by atomic mass is 10.1. The van der Waals surface area contributed by atoms with Gasteiger partial charge in [0.2, 0.25) is 0 Å². The lowest BCUT2D eigenvalue weighted by Crippen LogP contribution is -2.11. The Kier molecular flexibility index (Phi) is 3.75. The molecule has 98 valence electrons. The van der Waals surface area contributed by atoms with Crippen molar-refractivity contribution < 1.29 is 14.3 Å². The lowest BCUT2D eigenvalue weighted by molar-refractivity contribution is 0.0691. The number of carboxylic acids is 1. The van der Waals surface area contributed by atoms with Gasteiger partial charge in [0, 0.05) is 12.2 Å². The molecular weight excluding hydrogens is 247 g/mol. The van der Waals surface area contributed by atoms with Crippen LogP contribution >= 0.6 is 0 Å². The van der Waals surface area contributed by atoms with E-state index in [1.807, 2.05) is 6.92 Å². The number of nitrogens with zero attached hydrogens (tertiary/aromatic N) is 1. The maximum absolute atomic E-state index is 12.8. The summed E-state index contributed by atoms with van der Waals surface area (Å²) in [5, 5.41) is 12.1. The average molecular weight is 260 g/mol. The Bertz CT molecular complexity index is 584. The van der Waals surface area contributed by atoms with E-state index in [0.717, 1.165) is 5.56 Å². The second-order valence-corrected chi connectivity index (χ2v) is 4.12. The van der Waals surface area contributed by atoms with Gasteiger partial charge in [0.05, 0.1) is 5.69 Å². The predicted molar refractivity (Wildman–Crippen MR) is 69.6 cm³/mol. The van der Waals surface area contributed by atoms with E-state index in [0.29, 0.717) is 5.69 Å². The summed E-state index contributed by atoms with van der Waals surface area (Å²) >= 11 is 0. The van der Waals surface area contributed by atoms with E-state index >= 15 is 0 Å². The van der Waals surface area contributed by atoms with Gasteiger partial charge in [-0.1, -0.05) is 12.1 Å². The third kappa shape index (κ3) is 3.07. The van der Waals surface area contributed by atoms with Crippen LogP contribution in [0, 0.1) is 5.82 Å². The molecule has 0 amide bonds. The van der Waals surface area contributed by atoms with Crippen LogP contribution in [0.2, 0.25) is 0 Å². The molecule has 0 spiro atoms. The molecule has 0 fully saturated rings. The fourth-order valence-electron chi connectivity index (χ4n) is 1.76. The van der Waals surface area contributed by atoms with E-state index in [-0.39, 0.29) is 17.6 Å². The van der Waals surface area contributed by atoms with E-state index < -0.39 is 5.97 Å². The first-order valence-corrected chi connectivity index (χ1v) is 5.78. The molecular formula is C14H13FN2O2. The fraction of sp³-hybridized carbons (Fsp3) is 0.143. The van der Waals surface area contributed by atoms with Crippen LogP contribution in [0.3, 0.4) is 0 Å². The molecule has 0 saturated carbocycles. The topological polar surface area (TPSA) is 62.2 Å². The van der Waals surface area contributed by atoms with Gasteiger partial charge < -0.3 is 10.4 Å². The van der Waals surface area contributed by atoms with Crippen molar-refractivity contribution in [2.24, 2.45) is 0 Å². The Morgan fingerprint density at radius 2 is 2.00 bits per heavy atom. The highest BCUT2D eigenvalue weighted by Gasteiger charge is 2.13. The van der Waals surface area contributed by atoms with E-state index in [4.69, 9.17) is 5.11 Å². The molecule has 2 N–H and O–H groups in total. The molecule has 0 bridgehead atoms. The van der Waals surface area contributed by atoms with Gasteiger partial charge in [-0.2, -0.15) is 0 Å². The smallest absolute Gasteiger partial charge is 0.356 e. The standard InChI is InChI=1S/C14H13FN2O2/c1-9(10-4-6-11(15)7-5-10)17-12-3-2-8-16-13(12)14(18)19/h2-9,17H,1H3,(H,18,19). The SMILES string of the molecule is CC(Nc1cccnc1C(=O)O)c1ccc(F)cc1. The summed E-state index contributed by atoms with van der Waals surface area (Å²) < 4.78 is 12.8. The van der Waals surface area contributed by atoms with Crippen LogP contribution in [-0.4, -0.2) is 16.1 Å². The molecule has 2 rings (SSSR count). The van der Waals surface area contributed by atoms with Crippen molar-refractivity contribution in [2.45, 2.75) is 13.0 Å². The Morgan fingerprint density at radius 3 is 2.63 bits per heavy atom. The minimum absolute atomic E-state index is 0.0311. The van der Waals surface area contributed by atoms with Gasteiger partial charge >= 0.3 is 5.97 Å². The van der Waals surface area contributed by atoms with E-state index in [1.54, 1.807) is 24.3 Å². The zero-order chi connectivity index (χ0) is 13.8. The number of carbonyl (C=O) groups is 1. The summed E-state index contributed by atoms with van der Waals surface area (Å²) in [5.41, 5.74) is 1.27. The second-order valence-electron chi connectivity index (χ2n) is 4.12. The van der Waals surface area contributed by atoms with Crippen LogP contribution < -0.4 is 5.32 Å². The Morgan fingerprint density at radius 1 is 1.32 bits per heavy atom. The Balaban J connectivity index is 2.21. The van der Waals surface area contributed by atoms with E-state index in [9.17, 15) is 9.18 Å². The maximum Gasteiger partial charge on any atom is 0.356 e.